The van der Waals surface area contributed by atoms with E-state index in [0.29, 0.717) is 18.3 Å². The van der Waals surface area contributed by atoms with Crippen LogP contribution in [0, 0.1) is 6.92 Å². The molecule has 7 heteroatoms. The average molecular weight is 305 g/mol. The van der Waals surface area contributed by atoms with Gasteiger partial charge in [0.05, 0.1) is 18.8 Å². The van der Waals surface area contributed by atoms with Crippen molar-refractivity contribution in [1.82, 2.24) is 25.3 Å². The zero-order chi connectivity index (χ0) is 14.7. The molecule has 0 spiro atoms. The van der Waals surface area contributed by atoms with Crippen LogP contribution in [0.3, 0.4) is 0 Å². The fourth-order valence-corrected chi connectivity index (χ4v) is 3.35. The van der Waals surface area contributed by atoms with Crippen LogP contribution in [-0.4, -0.2) is 25.9 Å². The van der Waals surface area contributed by atoms with Gasteiger partial charge >= 0.3 is 0 Å². The van der Waals surface area contributed by atoms with Crippen LogP contribution < -0.4 is 5.32 Å². The molecule has 0 aromatic carbocycles. The van der Waals surface area contributed by atoms with Gasteiger partial charge in [0.1, 0.15) is 5.01 Å². The second kappa shape index (κ2) is 6.34. The monoisotopic (exact) mass is 305 g/mol. The van der Waals surface area contributed by atoms with Crippen LogP contribution in [-0.2, 0) is 6.54 Å². The van der Waals surface area contributed by atoms with Crippen LogP contribution in [0.2, 0.25) is 0 Å². The van der Waals surface area contributed by atoms with Crippen molar-refractivity contribution < 1.29 is 4.79 Å². The number of nitrogens with zero attached hydrogens (tertiary/aromatic N) is 4. The van der Waals surface area contributed by atoms with Crippen molar-refractivity contribution in [2.75, 3.05) is 0 Å². The molecule has 0 radical (unpaired) electrons. The van der Waals surface area contributed by atoms with Gasteiger partial charge in [0.15, 0.2) is 5.69 Å². The van der Waals surface area contributed by atoms with E-state index < -0.39 is 0 Å². The minimum absolute atomic E-state index is 0.190. The predicted molar refractivity (Wildman–Crippen MR) is 80.2 cm³/mol. The third kappa shape index (κ3) is 3.47. The number of nitrogens with one attached hydrogen (secondary N) is 1. The maximum Gasteiger partial charge on any atom is 0.273 e. The molecule has 3 rings (SSSR count). The smallest absolute Gasteiger partial charge is 0.273 e. The van der Waals surface area contributed by atoms with Crippen LogP contribution in [0.25, 0.3) is 0 Å². The molecular formula is C14H19N5OS. The fourth-order valence-electron chi connectivity index (χ4n) is 2.64. The summed E-state index contributed by atoms with van der Waals surface area (Å²) in [6.45, 7) is 2.38. The van der Waals surface area contributed by atoms with E-state index in [1.54, 1.807) is 17.5 Å². The number of amides is 1. The van der Waals surface area contributed by atoms with Gasteiger partial charge in [0.25, 0.3) is 5.91 Å². The molecule has 6 nitrogen and oxygen atoms in total. The Balaban J connectivity index is 1.58. The highest BCUT2D eigenvalue weighted by atomic mass is 32.1. The molecule has 0 saturated heterocycles. The predicted octanol–water partition coefficient (Wildman–Crippen LogP) is 2.48. The summed E-state index contributed by atoms with van der Waals surface area (Å²) in [5.41, 5.74) is 1.36. The number of aryl methyl sites for hydroxylation is 1. The topological polar surface area (TPSA) is 72.7 Å². The maximum absolute atomic E-state index is 12.1. The van der Waals surface area contributed by atoms with Gasteiger partial charge in [-0.1, -0.05) is 24.5 Å². The fraction of sp³-hybridized carbons (Fsp3) is 0.571. The molecule has 1 aliphatic rings. The van der Waals surface area contributed by atoms with Gasteiger partial charge in [-0.25, -0.2) is 9.67 Å². The van der Waals surface area contributed by atoms with Crippen molar-refractivity contribution in [1.29, 1.82) is 0 Å². The molecule has 2 heterocycles. The summed E-state index contributed by atoms with van der Waals surface area (Å²) < 4.78 is 1.85. The van der Waals surface area contributed by atoms with Crippen molar-refractivity contribution in [3.05, 3.63) is 28.0 Å². The third-order valence-corrected chi connectivity index (χ3v) is 4.73. The van der Waals surface area contributed by atoms with E-state index in [4.69, 9.17) is 0 Å². The molecule has 21 heavy (non-hydrogen) atoms. The quantitative estimate of drug-likeness (QED) is 0.942. The lowest BCUT2D eigenvalue weighted by molar-refractivity contribution is 0.0945. The minimum Gasteiger partial charge on any atom is -0.344 e. The van der Waals surface area contributed by atoms with Gasteiger partial charge in [-0.2, -0.15) is 0 Å². The van der Waals surface area contributed by atoms with Crippen molar-refractivity contribution in [3.63, 3.8) is 0 Å². The van der Waals surface area contributed by atoms with Crippen LogP contribution in [0.4, 0.5) is 0 Å². The molecule has 0 unspecified atom stereocenters. The molecular weight excluding hydrogens is 286 g/mol. The molecule has 2 aromatic heterocycles. The Morgan fingerprint density at radius 2 is 2.24 bits per heavy atom. The number of hydrogen-bond donors (Lipinski definition) is 1. The highest BCUT2D eigenvalue weighted by molar-refractivity contribution is 7.09. The first-order valence-electron chi connectivity index (χ1n) is 7.33. The molecule has 2 aromatic rings. The van der Waals surface area contributed by atoms with E-state index in [9.17, 15) is 4.79 Å². The normalized spacial score (nSPS) is 16.0. The molecule has 112 valence electrons. The van der Waals surface area contributed by atoms with Crippen molar-refractivity contribution in [2.24, 2.45) is 0 Å². The molecule has 1 saturated carbocycles. The third-order valence-electron chi connectivity index (χ3n) is 3.76. The zero-order valence-electron chi connectivity index (χ0n) is 12.1. The van der Waals surface area contributed by atoms with Crippen LogP contribution in [0.1, 0.15) is 59.3 Å². The summed E-state index contributed by atoms with van der Waals surface area (Å²) in [4.78, 5) is 16.4. The second-order valence-electron chi connectivity index (χ2n) is 5.44. The van der Waals surface area contributed by atoms with Crippen molar-refractivity contribution >= 4 is 17.2 Å². The Morgan fingerprint density at radius 3 is 2.95 bits per heavy atom. The number of aromatic nitrogens is 4. The summed E-state index contributed by atoms with van der Waals surface area (Å²) in [7, 11) is 0. The van der Waals surface area contributed by atoms with Crippen LogP contribution >= 0.6 is 11.3 Å². The number of carbonyl (C=O) groups is 1. The number of carbonyl (C=O) groups excluding carboxylic acids is 1. The summed E-state index contributed by atoms with van der Waals surface area (Å²) >= 11 is 1.55. The summed E-state index contributed by atoms with van der Waals surface area (Å²) in [6, 6.07) is 0.398. The van der Waals surface area contributed by atoms with Gasteiger partial charge in [0.2, 0.25) is 0 Å². The first-order valence-corrected chi connectivity index (χ1v) is 8.21. The molecule has 1 N–H and O–H groups in total. The first kappa shape index (κ1) is 14.2. The standard InChI is InChI=1S/C14H19N5OS/c1-10-9-21-13(16-10)7-15-14(20)12-8-19(18-17-12)11-5-3-2-4-6-11/h8-9,11H,2-7H2,1H3,(H,15,20). The maximum atomic E-state index is 12.1. The summed E-state index contributed by atoms with van der Waals surface area (Å²) in [5, 5.41) is 13.8. The largest absolute Gasteiger partial charge is 0.344 e. The lowest BCUT2D eigenvalue weighted by atomic mass is 9.96. The van der Waals surface area contributed by atoms with E-state index in [1.165, 1.54) is 19.3 Å². The Morgan fingerprint density at radius 1 is 1.43 bits per heavy atom. The van der Waals surface area contributed by atoms with Gasteiger partial charge in [-0.3, -0.25) is 4.79 Å². The Kier molecular flexibility index (Phi) is 4.28. The lowest BCUT2D eigenvalue weighted by Crippen LogP contribution is -2.23. The van der Waals surface area contributed by atoms with E-state index in [-0.39, 0.29) is 5.91 Å². The van der Waals surface area contributed by atoms with E-state index in [2.05, 4.69) is 20.6 Å². The SMILES string of the molecule is Cc1csc(CNC(=O)c2cn(C3CCCCC3)nn2)n1. The van der Waals surface area contributed by atoms with E-state index >= 15 is 0 Å². The van der Waals surface area contributed by atoms with Crippen molar-refractivity contribution in [2.45, 2.75) is 51.6 Å². The minimum atomic E-state index is -0.190. The summed E-state index contributed by atoms with van der Waals surface area (Å²) in [5.74, 6) is -0.190. The number of rotatable bonds is 4. The Bertz CT molecular complexity index is 614. The highest BCUT2D eigenvalue weighted by Crippen LogP contribution is 2.27. The van der Waals surface area contributed by atoms with Gasteiger partial charge in [-0.05, 0) is 19.8 Å². The molecule has 0 atom stereocenters. The van der Waals surface area contributed by atoms with E-state index in [1.807, 2.05) is 17.0 Å². The van der Waals surface area contributed by atoms with Crippen molar-refractivity contribution in [3.8, 4) is 0 Å². The average Bonchev–Trinajstić information content (AvgIpc) is 3.15. The second-order valence-corrected chi connectivity index (χ2v) is 6.38. The summed E-state index contributed by atoms with van der Waals surface area (Å²) in [6.07, 6.45) is 7.78. The van der Waals surface area contributed by atoms with E-state index in [0.717, 1.165) is 23.5 Å². The van der Waals surface area contributed by atoms with Crippen LogP contribution in [0.15, 0.2) is 11.6 Å². The van der Waals surface area contributed by atoms with Gasteiger partial charge in [0, 0.05) is 11.1 Å². The molecule has 1 fully saturated rings. The molecule has 0 aliphatic heterocycles. The first-order chi connectivity index (χ1) is 10.2. The Labute approximate surface area is 127 Å². The Hall–Kier alpha value is -1.76. The van der Waals surface area contributed by atoms with Gasteiger partial charge in [-0.15, -0.1) is 16.4 Å². The van der Waals surface area contributed by atoms with Crippen LogP contribution in [0.5, 0.6) is 0 Å². The van der Waals surface area contributed by atoms with Gasteiger partial charge < -0.3 is 5.32 Å². The zero-order valence-corrected chi connectivity index (χ0v) is 12.9. The molecule has 1 aliphatic carbocycles. The number of hydrogen-bond acceptors (Lipinski definition) is 5. The lowest BCUT2D eigenvalue weighted by Gasteiger charge is -2.20. The highest BCUT2D eigenvalue weighted by Gasteiger charge is 2.18. The molecule has 0 bridgehead atoms. The molecule has 1 amide bonds. The number of thiazole rings is 1.